The van der Waals surface area contributed by atoms with Crippen LogP contribution in [0.5, 0.6) is 0 Å². The summed E-state index contributed by atoms with van der Waals surface area (Å²) in [6, 6.07) is 49.2. The topological polar surface area (TPSA) is 51.6 Å². The Hall–Kier alpha value is -6.52. The van der Waals surface area contributed by atoms with Gasteiger partial charge in [0.25, 0.3) is 0 Å². The summed E-state index contributed by atoms with van der Waals surface area (Å²) in [4.78, 5) is 19.6. The van der Waals surface area contributed by atoms with Crippen LogP contribution in [0.15, 0.2) is 158 Å². The molecule has 6 aromatic carbocycles. The van der Waals surface area contributed by atoms with E-state index in [1.807, 2.05) is 30.7 Å². The van der Waals surface area contributed by atoms with Gasteiger partial charge in [0.2, 0.25) is 0 Å². The number of aromatic nitrogens is 4. The summed E-state index contributed by atoms with van der Waals surface area (Å²) in [5.41, 5.74) is 9.04. The van der Waals surface area contributed by atoms with Crippen LogP contribution in [0, 0.1) is 0 Å². The molecule has 10 rings (SSSR count). The molecule has 48 heavy (non-hydrogen) atoms. The molecule has 4 heteroatoms. The standard InChI is InChI=1S/C44H26N4/c1-3-12-33-31(10-1)32-11-2-5-14-35(32)43-40(33)34-13-4-6-15-36(34)41(48-43)28-19-17-27(18-20-28)39-22-21-30(26-47-39)38-25-29-9-7-23-45-42(29)44-37(38)16-8-24-46-44/h1-26H. The molecule has 4 aromatic heterocycles. The van der Waals surface area contributed by atoms with E-state index in [2.05, 4.69) is 137 Å². The normalized spacial score (nSPS) is 11.8. The third kappa shape index (κ3) is 4.03. The van der Waals surface area contributed by atoms with Gasteiger partial charge in [0.15, 0.2) is 0 Å². The Balaban J connectivity index is 1.08. The molecule has 0 saturated carbocycles. The number of nitrogens with zero attached hydrogens (tertiary/aromatic N) is 4. The largest absolute Gasteiger partial charge is 0.256 e. The molecule has 0 aliphatic carbocycles. The first-order chi connectivity index (χ1) is 23.8. The Labute approximate surface area is 276 Å². The lowest BCUT2D eigenvalue weighted by atomic mass is 9.92. The number of hydrogen-bond acceptors (Lipinski definition) is 4. The first kappa shape index (κ1) is 26.7. The van der Waals surface area contributed by atoms with E-state index in [1.54, 1.807) is 0 Å². The van der Waals surface area contributed by atoms with Crippen molar-refractivity contribution in [1.82, 2.24) is 19.9 Å². The van der Waals surface area contributed by atoms with Gasteiger partial charge >= 0.3 is 0 Å². The quantitative estimate of drug-likeness (QED) is 0.187. The van der Waals surface area contributed by atoms with Gasteiger partial charge in [-0.05, 0) is 51.4 Å². The van der Waals surface area contributed by atoms with E-state index in [-0.39, 0.29) is 0 Å². The second-order valence-corrected chi connectivity index (χ2v) is 12.2. The van der Waals surface area contributed by atoms with Crippen LogP contribution in [0.1, 0.15) is 0 Å². The molecule has 0 aliphatic rings. The van der Waals surface area contributed by atoms with Gasteiger partial charge in [-0.1, -0.05) is 115 Å². The molecule has 0 spiro atoms. The van der Waals surface area contributed by atoms with Crippen molar-refractivity contribution in [2.45, 2.75) is 0 Å². The molecule has 0 bridgehead atoms. The Morgan fingerprint density at radius 1 is 0.375 bits per heavy atom. The van der Waals surface area contributed by atoms with Gasteiger partial charge < -0.3 is 0 Å². The molecule has 0 aliphatic heterocycles. The summed E-state index contributed by atoms with van der Waals surface area (Å²) in [5, 5.41) is 10.6. The maximum absolute atomic E-state index is 5.42. The van der Waals surface area contributed by atoms with Gasteiger partial charge in [-0.25, -0.2) is 4.98 Å². The Morgan fingerprint density at radius 3 is 1.71 bits per heavy atom. The van der Waals surface area contributed by atoms with Gasteiger partial charge in [0.1, 0.15) is 0 Å². The van der Waals surface area contributed by atoms with Gasteiger partial charge in [-0.2, -0.15) is 0 Å². The minimum absolute atomic E-state index is 0.904. The smallest absolute Gasteiger partial charge is 0.0970 e. The minimum atomic E-state index is 0.904. The lowest BCUT2D eigenvalue weighted by Crippen LogP contribution is -1.93. The number of fused-ring (bicyclic) bond motifs is 11. The van der Waals surface area contributed by atoms with Crippen LogP contribution in [0.25, 0.3) is 98.7 Å². The highest BCUT2D eigenvalue weighted by Crippen LogP contribution is 2.41. The average Bonchev–Trinajstić information content (AvgIpc) is 3.17. The SMILES string of the molecule is c1cnc2c(c1)cc(-c1ccc(-c3ccc(-c4nc5c6ccccc6c6ccccc6c5c5ccccc45)cc3)nc1)c1cccnc12. The van der Waals surface area contributed by atoms with Crippen LogP contribution in [0.3, 0.4) is 0 Å². The van der Waals surface area contributed by atoms with Crippen LogP contribution >= 0.6 is 0 Å². The van der Waals surface area contributed by atoms with E-state index < -0.39 is 0 Å². The van der Waals surface area contributed by atoms with Crippen LogP contribution in [0.2, 0.25) is 0 Å². The molecule has 222 valence electrons. The predicted octanol–water partition coefficient (Wildman–Crippen LogP) is 11.2. The van der Waals surface area contributed by atoms with Crippen LogP contribution < -0.4 is 0 Å². The molecule has 10 aromatic rings. The first-order valence-electron chi connectivity index (χ1n) is 16.1. The molecular formula is C44H26N4. The second kappa shape index (κ2) is 10.5. The summed E-state index contributed by atoms with van der Waals surface area (Å²) in [5.74, 6) is 0. The molecule has 0 fully saturated rings. The average molecular weight is 611 g/mol. The van der Waals surface area contributed by atoms with E-state index in [4.69, 9.17) is 9.97 Å². The van der Waals surface area contributed by atoms with E-state index in [0.29, 0.717) is 0 Å². The van der Waals surface area contributed by atoms with E-state index >= 15 is 0 Å². The van der Waals surface area contributed by atoms with Crippen molar-refractivity contribution in [2.75, 3.05) is 0 Å². The highest BCUT2D eigenvalue weighted by atomic mass is 14.7. The van der Waals surface area contributed by atoms with Crippen LogP contribution in [-0.2, 0) is 0 Å². The fraction of sp³-hybridized carbons (Fsp3) is 0. The van der Waals surface area contributed by atoms with Crippen molar-refractivity contribution in [3.05, 3.63) is 158 Å². The number of rotatable bonds is 3. The predicted molar refractivity (Wildman–Crippen MR) is 199 cm³/mol. The number of pyridine rings is 4. The van der Waals surface area contributed by atoms with Crippen molar-refractivity contribution >= 4 is 65.0 Å². The Bertz CT molecular complexity index is 2880. The number of hydrogen-bond donors (Lipinski definition) is 0. The molecule has 4 heterocycles. The lowest BCUT2D eigenvalue weighted by molar-refractivity contribution is 1.32. The molecule has 0 saturated heterocycles. The minimum Gasteiger partial charge on any atom is -0.256 e. The van der Waals surface area contributed by atoms with E-state index in [9.17, 15) is 0 Å². The maximum Gasteiger partial charge on any atom is 0.0970 e. The zero-order valence-corrected chi connectivity index (χ0v) is 25.8. The van der Waals surface area contributed by atoms with Gasteiger partial charge in [0, 0.05) is 62.2 Å². The highest BCUT2D eigenvalue weighted by Gasteiger charge is 2.17. The summed E-state index contributed by atoms with van der Waals surface area (Å²) < 4.78 is 0. The summed E-state index contributed by atoms with van der Waals surface area (Å²) in [6.45, 7) is 0. The molecule has 0 N–H and O–H groups in total. The third-order valence-electron chi connectivity index (χ3n) is 9.57. The van der Waals surface area contributed by atoms with Crippen molar-refractivity contribution in [3.63, 3.8) is 0 Å². The fourth-order valence-electron chi connectivity index (χ4n) is 7.35. The van der Waals surface area contributed by atoms with Crippen molar-refractivity contribution in [2.24, 2.45) is 0 Å². The molecule has 0 atom stereocenters. The molecular weight excluding hydrogens is 585 g/mol. The number of benzene rings is 6. The Kier molecular flexibility index (Phi) is 5.84. The molecule has 0 unspecified atom stereocenters. The van der Waals surface area contributed by atoms with Crippen molar-refractivity contribution in [1.29, 1.82) is 0 Å². The van der Waals surface area contributed by atoms with E-state index in [0.717, 1.165) is 66.4 Å². The molecule has 4 nitrogen and oxygen atoms in total. The lowest BCUT2D eigenvalue weighted by Gasteiger charge is -2.15. The molecule has 0 radical (unpaired) electrons. The van der Waals surface area contributed by atoms with Crippen molar-refractivity contribution < 1.29 is 0 Å². The van der Waals surface area contributed by atoms with Gasteiger partial charge in [0.05, 0.1) is 27.9 Å². The van der Waals surface area contributed by atoms with Gasteiger partial charge in [-0.3, -0.25) is 15.0 Å². The zero-order valence-electron chi connectivity index (χ0n) is 25.8. The summed E-state index contributed by atoms with van der Waals surface area (Å²) in [7, 11) is 0. The van der Waals surface area contributed by atoms with Crippen molar-refractivity contribution in [3.8, 4) is 33.6 Å². The summed E-state index contributed by atoms with van der Waals surface area (Å²) in [6.07, 6.45) is 5.60. The fourth-order valence-corrected chi connectivity index (χ4v) is 7.35. The maximum atomic E-state index is 5.42. The van der Waals surface area contributed by atoms with E-state index in [1.165, 1.54) is 32.3 Å². The molecule has 0 amide bonds. The monoisotopic (exact) mass is 610 g/mol. The summed E-state index contributed by atoms with van der Waals surface area (Å²) >= 11 is 0. The van der Waals surface area contributed by atoms with Gasteiger partial charge in [-0.15, -0.1) is 0 Å². The zero-order chi connectivity index (χ0) is 31.6. The van der Waals surface area contributed by atoms with Crippen LogP contribution in [0.4, 0.5) is 0 Å². The first-order valence-corrected chi connectivity index (χ1v) is 16.1. The second-order valence-electron chi connectivity index (χ2n) is 12.2. The Morgan fingerprint density at radius 2 is 0.958 bits per heavy atom. The van der Waals surface area contributed by atoms with Crippen LogP contribution in [-0.4, -0.2) is 19.9 Å². The third-order valence-corrected chi connectivity index (χ3v) is 9.57. The highest BCUT2D eigenvalue weighted by molar-refractivity contribution is 6.31.